The van der Waals surface area contributed by atoms with Crippen LogP contribution in [-0.2, 0) is 0 Å². The second-order valence-corrected chi connectivity index (χ2v) is 27.7. The molecule has 104 heavy (non-hydrogen) atoms. The maximum atomic E-state index is 10.2. The first-order chi connectivity index (χ1) is 51.4. The van der Waals surface area contributed by atoms with Gasteiger partial charge in [0.15, 0.2) is 0 Å². The van der Waals surface area contributed by atoms with E-state index in [1.807, 2.05) is 36.4 Å². The molecule has 0 saturated heterocycles. The van der Waals surface area contributed by atoms with E-state index in [2.05, 4.69) is 368 Å². The standard InChI is InChI=1S/C50H32.C30H21BO2.C20H13Br/c1-3-14-39-33(11-1)13-9-20-40(39)35-23-27-37(28-24-35)49-45-16-5-7-18-47(45)50(48-19-8-6-17-46(48)49)38-29-25-36(26-30-38)42-21-10-22-43-41-15-4-2-12-34(41)31-32-44(42)43;32-31(33)30-27-13-5-3-11-25(27)29(26-12-4-6-14-28(26)30)22-18-16-21(17-19-22)24-15-7-9-20-8-1-2-10-23(20)24;21-16-11-8-15(9-12-16)18-6-3-7-19-17-5-2-1-4-14(17)10-13-20(18)19/h1-32H;1-19,32-33H;1-13H. The van der Waals surface area contributed by atoms with Gasteiger partial charge in [0, 0.05) is 4.47 Å². The van der Waals surface area contributed by atoms with E-state index in [9.17, 15) is 10.0 Å². The summed E-state index contributed by atoms with van der Waals surface area (Å²) < 4.78 is 1.11. The van der Waals surface area contributed by atoms with Crippen molar-refractivity contribution in [1.29, 1.82) is 0 Å². The molecule has 20 rings (SSSR count). The van der Waals surface area contributed by atoms with Gasteiger partial charge in [-0.05, 0) is 203 Å². The van der Waals surface area contributed by atoms with Crippen molar-refractivity contribution in [2.75, 3.05) is 0 Å². The van der Waals surface area contributed by atoms with Crippen molar-refractivity contribution in [2.24, 2.45) is 0 Å². The number of benzene rings is 20. The van der Waals surface area contributed by atoms with E-state index in [4.69, 9.17) is 0 Å². The normalized spacial score (nSPS) is 11.4. The molecule has 2 nitrogen and oxygen atoms in total. The molecule has 0 aromatic heterocycles. The number of rotatable bonds is 8. The highest BCUT2D eigenvalue weighted by Crippen LogP contribution is 2.46. The highest BCUT2D eigenvalue weighted by molar-refractivity contribution is 9.10. The van der Waals surface area contributed by atoms with E-state index in [-0.39, 0.29) is 0 Å². The van der Waals surface area contributed by atoms with E-state index >= 15 is 0 Å². The van der Waals surface area contributed by atoms with Crippen LogP contribution in [0.3, 0.4) is 0 Å². The van der Waals surface area contributed by atoms with Gasteiger partial charge >= 0.3 is 7.12 Å². The molecule has 0 aliphatic heterocycles. The largest absolute Gasteiger partial charge is 0.489 e. The number of hydrogen-bond donors (Lipinski definition) is 2. The first kappa shape index (κ1) is 63.6. The number of hydrogen-bond acceptors (Lipinski definition) is 2. The van der Waals surface area contributed by atoms with Gasteiger partial charge in [0.05, 0.1) is 0 Å². The van der Waals surface area contributed by atoms with Gasteiger partial charge in [-0.15, -0.1) is 0 Å². The molecule has 0 aliphatic carbocycles. The highest BCUT2D eigenvalue weighted by Gasteiger charge is 2.23. The van der Waals surface area contributed by atoms with Crippen LogP contribution in [0, 0.1) is 0 Å². The van der Waals surface area contributed by atoms with Crippen molar-refractivity contribution in [2.45, 2.75) is 0 Å². The van der Waals surface area contributed by atoms with Crippen LogP contribution >= 0.6 is 15.9 Å². The van der Waals surface area contributed by atoms with Crippen LogP contribution in [0.5, 0.6) is 0 Å². The minimum Gasteiger partial charge on any atom is -0.423 e. The fraction of sp³-hybridized carbons (Fsp3) is 0. The van der Waals surface area contributed by atoms with Crippen LogP contribution in [0.2, 0.25) is 0 Å². The fourth-order valence-corrected chi connectivity index (χ4v) is 16.4. The molecule has 0 amide bonds. The summed E-state index contributed by atoms with van der Waals surface area (Å²) in [5.74, 6) is 0. The third-order valence-electron chi connectivity index (χ3n) is 20.9. The Balaban J connectivity index is 0.000000122. The van der Waals surface area contributed by atoms with Crippen LogP contribution in [0.25, 0.3) is 186 Å². The molecule has 0 heterocycles. The van der Waals surface area contributed by atoms with Crippen molar-refractivity contribution < 1.29 is 10.0 Å². The summed E-state index contributed by atoms with van der Waals surface area (Å²) in [6.45, 7) is 0. The Hall–Kier alpha value is -12.5. The molecular formula is C100H66BBrO2. The Morgan fingerprint density at radius 1 is 0.163 bits per heavy atom. The lowest BCUT2D eigenvalue weighted by Crippen LogP contribution is -2.31. The zero-order valence-corrected chi connectivity index (χ0v) is 58.4. The summed E-state index contributed by atoms with van der Waals surface area (Å²) in [6, 6.07) is 139. The maximum Gasteiger partial charge on any atom is 0.489 e. The molecule has 0 aliphatic rings. The fourth-order valence-electron chi connectivity index (χ4n) is 16.1. The minimum atomic E-state index is -1.54. The average Bonchev–Trinajstić information content (AvgIpc) is 0.736. The van der Waals surface area contributed by atoms with Crippen molar-refractivity contribution in [3.63, 3.8) is 0 Å². The molecule has 20 aromatic carbocycles. The van der Waals surface area contributed by atoms with E-state index in [1.165, 1.54) is 153 Å². The molecule has 4 heteroatoms. The summed E-state index contributed by atoms with van der Waals surface area (Å²) in [6.07, 6.45) is 0. The van der Waals surface area contributed by atoms with Crippen LogP contribution in [0.1, 0.15) is 0 Å². The van der Waals surface area contributed by atoms with E-state index in [0.717, 1.165) is 37.1 Å². The Morgan fingerprint density at radius 3 is 0.712 bits per heavy atom. The predicted molar refractivity (Wildman–Crippen MR) is 450 cm³/mol. The topological polar surface area (TPSA) is 40.5 Å². The van der Waals surface area contributed by atoms with Gasteiger partial charge in [0.2, 0.25) is 0 Å². The van der Waals surface area contributed by atoms with Gasteiger partial charge in [-0.25, -0.2) is 0 Å². The average molecular weight is 1390 g/mol. The monoisotopic (exact) mass is 1390 g/mol. The van der Waals surface area contributed by atoms with Crippen LogP contribution in [0.4, 0.5) is 0 Å². The lowest BCUT2D eigenvalue weighted by atomic mass is 9.72. The molecule has 0 unspecified atom stereocenters. The summed E-state index contributed by atoms with van der Waals surface area (Å²) in [5, 5.41) is 44.6. The second kappa shape index (κ2) is 27.4. The Kier molecular flexibility index (Phi) is 16.8. The zero-order valence-electron chi connectivity index (χ0n) is 56.8. The van der Waals surface area contributed by atoms with Gasteiger partial charge in [-0.1, -0.05) is 392 Å². The quantitative estimate of drug-likeness (QED) is 0.0904. The van der Waals surface area contributed by atoms with E-state index in [0.29, 0.717) is 5.46 Å². The van der Waals surface area contributed by atoms with Crippen LogP contribution in [0.15, 0.2) is 393 Å². The minimum absolute atomic E-state index is 0.553. The van der Waals surface area contributed by atoms with Gasteiger partial charge < -0.3 is 10.0 Å². The molecule has 0 saturated carbocycles. The first-order valence-corrected chi connectivity index (χ1v) is 36.2. The SMILES string of the molecule is Brc1ccc(-c2cccc3c2ccc2ccccc23)cc1.OB(O)c1c2ccccc2c(-c2ccc(-c3cccc4ccccc34)cc2)c2ccccc12.c1ccc2c(-c3ccc(-c4c5ccccc5c(-c5ccc(-c6cccc7c6ccc6ccccc67)cc5)c5ccccc45)cc3)cccc2c1. The van der Waals surface area contributed by atoms with Gasteiger partial charge in [0.1, 0.15) is 0 Å². The molecule has 0 bridgehead atoms. The molecule has 0 fully saturated rings. The molecule has 0 radical (unpaired) electrons. The molecular weight excluding hydrogens is 1320 g/mol. The van der Waals surface area contributed by atoms with Gasteiger partial charge in [0.25, 0.3) is 0 Å². The maximum absolute atomic E-state index is 10.2. The highest BCUT2D eigenvalue weighted by atomic mass is 79.9. The van der Waals surface area contributed by atoms with Gasteiger partial charge in [-0.2, -0.15) is 0 Å². The first-order valence-electron chi connectivity index (χ1n) is 35.4. The summed E-state index contributed by atoms with van der Waals surface area (Å²) >= 11 is 3.50. The molecule has 0 spiro atoms. The predicted octanol–water partition coefficient (Wildman–Crippen LogP) is 26.7. The lowest BCUT2D eigenvalue weighted by molar-refractivity contribution is 0.426. The summed E-state index contributed by atoms with van der Waals surface area (Å²) in [4.78, 5) is 0. The Labute approximate surface area is 612 Å². The van der Waals surface area contributed by atoms with Gasteiger partial charge in [-0.3, -0.25) is 0 Å². The Morgan fingerprint density at radius 2 is 0.385 bits per heavy atom. The number of fused-ring (bicyclic) bond motifs is 12. The third-order valence-corrected chi connectivity index (χ3v) is 21.5. The number of halogens is 1. The summed E-state index contributed by atoms with van der Waals surface area (Å²) in [5.41, 5.74) is 17.7. The smallest absolute Gasteiger partial charge is 0.423 e. The van der Waals surface area contributed by atoms with E-state index in [1.54, 1.807) is 0 Å². The van der Waals surface area contributed by atoms with Crippen molar-refractivity contribution in [1.82, 2.24) is 0 Å². The molecule has 2 N–H and O–H groups in total. The van der Waals surface area contributed by atoms with E-state index < -0.39 is 7.12 Å². The molecule has 20 aromatic rings. The second-order valence-electron chi connectivity index (χ2n) is 26.8. The third kappa shape index (κ3) is 11.6. The van der Waals surface area contributed by atoms with Crippen molar-refractivity contribution >= 4 is 136 Å². The Bertz CT molecular complexity index is 6560. The van der Waals surface area contributed by atoms with Crippen LogP contribution in [-0.4, -0.2) is 17.2 Å². The van der Waals surface area contributed by atoms with Crippen molar-refractivity contribution in [3.05, 3.63) is 393 Å². The van der Waals surface area contributed by atoms with Crippen molar-refractivity contribution in [3.8, 4) is 77.9 Å². The molecule has 0 atom stereocenters. The zero-order chi connectivity index (χ0) is 69.6. The molecule has 488 valence electrons. The van der Waals surface area contributed by atoms with Crippen LogP contribution < -0.4 is 5.46 Å². The lowest BCUT2D eigenvalue weighted by Gasteiger charge is -2.18. The summed E-state index contributed by atoms with van der Waals surface area (Å²) in [7, 11) is -1.54.